The summed E-state index contributed by atoms with van der Waals surface area (Å²) in [5.41, 5.74) is 7.88. The number of hydrogen-bond acceptors (Lipinski definition) is 8. The molecular weight excluding hydrogens is 474 g/mol. The lowest BCUT2D eigenvalue weighted by Crippen LogP contribution is -2.61. The number of carbonyl (C=O) groups is 3. The molecule has 2 atom stereocenters. The number of urea groups is 1. The molecule has 2 aliphatic heterocycles. The number of hydrogen-bond donors (Lipinski definition) is 1. The minimum atomic E-state index is -0.920. The van der Waals surface area contributed by atoms with Gasteiger partial charge in [-0.25, -0.2) is 29.5 Å². The molecule has 4 heterocycles. The third-order valence-corrected chi connectivity index (χ3v) is 6.43. The summed E-state index contributed by atoms with van der Waals surface area (Å²) in [6.07, 6.45) is 5.65. The summed E-state index contributed by atoms with van der Waals surface area (Å²) < 4.78 is 5.94. The number of aryl methyl sites for hydroxylation is 1. The number of nitrogens with zero attached hydrogens (tertiary/aromatic N) is 6. The fourth-order valence-electron chi connectivity index (χ4n) is 4.67. The van der Waals surface area contributed by atoms with E-state index in [1.165, 1.54) is 34.6 Å². The molecule has 2 N–H and O–H groups in total. The van der Waals surface area contributed by atoms with Gasteiger partial charge in [-0.15, -0.1) is 0 Å². The smallest absolute Gasteiger partial charge is 0.341 e. The Balaban J connectivity index is 1.46. The average molecular weight is 500 g/mol. The molecule has 2 aliphatic rings. The Morgan fingerprint density at radius 2 is 1.92 bits per heavy atom. The molecule has 11 heteroatoms. The first kappa shape index (κ1) is 24.0. The minimum absolute atomic E-state index is 0.204. The maximum atomic E-state index is 13.3. The van der Waals surface area contributed by atoms with E-state index in [-0.39, 0.29) is 17.2 Å². The lowest BCUT2D eigenvalue weighted by molar-refractivity contribution is -0.135. The second kappa shape index (κ2) is 10.1. The summed E-state index contributed by atoms with van der Waals surface area (Å²) in [5, 5.41) is 0. The van der Waals surface area contributed by atoms with E-state index in [0.717, 1.165) is 5.56 Å². The Hall–Kier alpha value is -4.67. The van der Waals surface area contributed by atoms with Crippen molar-refractivity contribution < 1.29 is 19.1 Å². The van der Waals surface area contributed by atoms with Gasteiger partial charge < -0.3 is 15.4 Å². The van der Waals surface area contributed by atoms with Gasteiger partial charge in [0.1, 0.15) is 12.4 Å². The first-order chi connectivity index (χ1) is 17.9. The summed E-state index contributed by atoms with van der Waals surface area (Å²) in [6, 6.07) is 10.2. The SMILES string of the molecule is Cc1nc(-c2ccccc2)ncc1C(=O)OC1CCCCN2C(=O)C=C(c3ccncn3)N(C(N)=O)C12. The van der Waals surface area contributed by atoms with Gasteiger partial charge in [0.25, 0.3) is 5.91 Å². The molecule has 0 saturated carbocycles. The quantitative estimate of drug-likeness (QED) is 0.539. The Labute approximate surface area is 213 Å². The van der Waals surface area contributed by atoms with Crippen molar-refractivity contribution in [3.8, 4) is 11.4 Å². The van der Waals surface area contributed by atoms with Crippen LogP contribution in [0.2, 0.25) is 0 Å². The molecule has 0 spiro atoms. The molecule has 1 saturated heterocycles. The molecule has 2 unspecified atom stereocenters. The zero-order valence-electron chi connectivity index (χ0n) is 20.2. The molecule has 2 aromatic heterocycles. The van der Waals surface area contributed by atoms with Gasteiger partial charge in [0.05, 0.1) is 22.6 Å². The predicted molar refractivity (Wildman–Crippen MR) is 132 cm³/mol. The van der Waals surface area contributed by atoms with Gasteiger partial charge in [0, 0.05) is 30.6 Å². The molecule has 3 amide bonds. The number of rotatable bonds is 4. The van der Waals surface area contributed by atoms with Gasteiger partial charge in [-0.05, 0) is 32.3 Å². The fourth-order valence-corrected chi connectivity index (χ4v) is 4.67. The molecule has 3 aromatic rings. The Morgan fingerprint density at radius 3 is 2.62 bits per heavy atom. The van der Waals surface area contributed by atoms with Gasteiger partial charge in [-0.3, -0.25) is 9.69 Å². The first-order valence-corrected chi connectivity index (χ1v) is 11.9. The van der Waals surface area contributed by atoms with E-state index in [2.05, 4.69) is 19.9 Å². The van der Waals surface area contributed by atoms with Crippen molar-refractivity contribution in [2.75, 3.05) is 6.54 Å². The van der Waals surface area contributed by atoms with Crippen LogP contribution >= 0.6 is 0 Å². The molecule has 5 rings (SSSR count). The molecule has 0 radical (unpaired) electrons. The second-order valence-electron chi connectivity index (χ2n) is 8.78. The highest BCUT2D eigenvalue weighted by Gasteiger charge is 2.45. The largest absolute Gasteiger partial charge is 0.454 e. The monoisotopic (exact) mass is 499 g/mol. The maximum Gasteiger partial charge on any atom is 0.341 e. The Bertz CT molecular complexity index is 1360. The third-order valence-electron chi connectivity index (χ3n) is 6.43. The van der Waals surface area contributed by atoms with E-state index in [9.17, 15) is 14.4 Å². The summed E-state index contributed by atoms with van der Waals surface area (Å²) in [5.74, 6) is -0.461. The van der Waals surface area contributed by atoms with Gasteiger partial charge >= 0.3 is 12.0 Å². The summed E-state index contributed by atoms with van der Waals surface area (Å²) in [7, 11) is 0. The van der Waals surface area contributed by atoms with E-state index < -0.39 is 24.3 Å². The van der Waals surface area contributed by atoms with Crippen molar-refractivity contribution in [3.63, 3.8) is 0 Å². The lowest BCUT2D eigenvalue weighted by Gasteiger charge is -2.44. The number of amides is 3. The number of carbonyl (C=O) groups excluding carboxylic acids is 3. The highest BCUT2D eigenvalue weighted by Crippen LogP contribution is 2.33. The molecule has 188 valence electrons. The van der Waals surface area contributed by atoms with Crippen LogP contribution in [0.15, 0.2) is 61.2 Å². The number of benzene rings is 1. The number of esters is 1. The standard InChI is InChI=1S/C26H25N7O4/c1-16-18(14-29-23(31-16)17-7-3-2-4-8-17)25(35)37-21-9-5-6-12-32-22(34)13-20(19-10-11-28-15-30-19)33(24(21)32)26(27)36/h2-4,7-8,10-11,13-15,21,24H,5-6,9,12H2,1H3,(H2,27,36). The van der Waals surface area contributed by atoms with Crippen LogP contribution in [0.5, 0.6) is 0 Å². The molecular formula is C26H25N7O4. The Kier molecular flexibility index (Phi) is 6.59. The minimum Gasteiger partial charge on any atom is -0.454 e. The maximum absolute atomic E-state index is 13.3. The molecule has 37 heavy (non-hydrogen) atoms. The second-order valence-corrected chi connectivity index (χ2v) is 8.78. The van der Waals surface area contributed by atoms with Crippen LogP contribution in [-0.2, 0) is 9.53 Å². The third kappa shape index (κ3) is 4.75. The van der Waals surface area contributed by atoms with Crippen molar-refractivity contribution in [2.24, 2.45) is 5.73 Å². The fraction of sp³-hybridized carbons (Fsp3) is 0.269. The zero-order chi connectivity index (χ0) is 25.9. The number of nitrogens with two attached hydrogens (primary N) is 1. The summed E-state index contributed by atoms with van der Waals surface area (Å²) in [4.78, 5) is 58.8. The van der Waals surface area contributed by atoms with E-state index in [1.807, 2.05) is 30.3 Å². The van der Waals surface area contributed by atoms with Crippen LogP contribution in [0.1, 0.15) is 41.0 Å². The first-order valence-electron chi connectivity index (χ1n) is 11.9. The molecule has 0 aliphatic carbocycles. The van der Waals surface area contributed by atoms with Crippen LogP contribution in [0.3, 0.4) is 0 Å². The van der Waals surface area contributed by atoms with Crippen LogP contribution < -0.4 is 5.73 Å². The van der Waals surface area contributed by atoms with Gasteiger partial charge in [-0.1, -0.05) is 30.3 Å². The van der Waals surface area contributed by atoms with Gasteiger partial charge in [0.15, 0.2) is 12.0 Å². The van der Waals surface area contributed by atoms with Crippen molar-refractivity contribution in [1.82, 2.24) is 29.7 Å². The number of aromatic nitrogens is 4. The predicted octanol–water partition coefficient (Wildman–Crippen LogP) is 2.54. The summed E-state index contributed by atoms with van der Waals surface area (Å²) >= 11 is 0. The highest BCUT2D eigenvalue weighted by atomic mass is 16.5. The Morgan fingerprint density at radius 1 is 1.11 bits per heavy atom. The molecule has 1 fully saturated rings. The van der Waals surface area contributed by atoms with E-state index in [0.29, 0.717) is 43.0 Å². The number of primary amides is 1. The van der Waals surface area contributed by atoms with Gasteiger partial charge in [0.2, 0.25) is 0 Å². The molecule has 0 bridgehead atoms. The number of ether oxygens (including phenoxy) is 1. The van der Waals surface area contributed by atoms with Crippen LogP contribution in [0.4, 0.5) is 4.79 Å². The van der Waals surface area contributed by atoms with Gasteiger partial charge in [-0.2, -0.15) is 0 Å². The normalized spacial score (nSPS) is 19.5. The highest BCUT2D eigenvalue weighted by molar-refractivity contribution is 6.00. The number of fused-ring (bicyclic) bond motifs is 1. The van der Waals surface area contributed by atoms with Crippen LogP contribution in [0, 0.1) is 6.92 Å². The zero-order valence-corrected chi connectivity index (χ0v) is 20.2. The summed E-state index contributed by atoms with van der Waals surface area (Å²) in [6.45, 7) is 2.10. The average Bonchev–Trinajstić information content (AvgIpc) is 3.12. The molecule has 1 aromatic carbocycles. The topological polar surface area (TPSA) is 144 Å². The molecule has 11 nitrogen and oxygen atoms in total. The van der Waals surface area contributed by atoms with E-state index >= 15 is 0 Å². The van der Waals surface area contributed by atoms with E-state index in [4.69, 9.17) is 10.5 Å². The van der Waals surface area contributed by atoms with Crippen molar-refractivity contribution in [1.29, 1.82) is 0 Å². The van der Waals surface area contributed by atoms with Crippen LogP contribution in [-0.4, -0.2) is 66.5 Å². The van der Waals surface area contributed by atoms with Crippen molar-refractivity contribution in [3.05, 3.63) is 78.1 Å². The van der Waals surface area contributed by atoms with Crippen molar-refractivity contribution >= 4 is 23.6 Å². The van der Waals surface area contributed by atoms with E-state index in [1.54, 1.807) is 13.0 Å². The van der Waals surface area contributed by atoms with Crippen molar-refractivity contribution in [2.45, 2.75) is 38.5 Å². The lowest BCUT2D eigenvalue weighted by atomic mass is 10.1. The van der Waals surface area contributed by atoms with Crippen LogP contribution in [0.25, 0.3) is 17.1 Å².